The van der Waals surface area contributed by atoms with Gasteiger partial charge < -0.3 is 25.2 Å². The van der Waals surface area contributed by atoms with Gasteiger partial charge in [-0.25, -0.2) is 0 Å². The van der Waals surface area contributed by atoms with E-state index < -0.39 is 28.9 Å². The molecule has 0 aliphatic heterocycles. The molecule has 0 saturated heterocycles. The van der Waals surface area contributed by atoms with Gasteiger partial charge in [0.25, 0.3) is 0 Å². The second-order valence-corrected chi connectivity index (χ2v) is 20.8. The first-order valence-corrected chi connectivity index (χ1v) is 20.9. The maximum absolute atomic E-state index is 14.1. The number of carboxylic acids is 1. The number of nitrogens with zero attached hydrogens (tertiary/aromatic N) is 1. The fourth-order valence-electron chi connectivity index (χ4n) is 13.4. The maximum atomic E-state index is 14.1. The Balaban J connectivity index is 1.29. The van der Waals surface area contributed by atoms with E-state index in [1.165, 1.54) is 5.57 Å². The monoisotopic (exact) mass is 739 g/mol. The Labute approximate surface area is 318 Å². The van der Waals surface area contributed by atoms with Gasteiger partial charge in [0.05, 0.1) is 24.5 Å². The predicted molar refractivity (Wildman–Crippen MR) is 205 cm³/mol. The van der Waals surface area contributed by atoms with Gasteiger partial charge in [-0.1, -0.05) is 54.0 Å². The summed E-state index contributed by atoms with van der Waals surface area (Å²) in [6.45, 7) is 20.7. The van der Waals surface area contributed by atoms with Gasteiger partial charge in [-0.3, -0.25) is 19.2 Å². The number of ketones is 1. The fraction of sp³-hybridized carbons (Fsp3) is 0.864. The molecule has 0 heterocycles. The number of hydrogen-bond donors (Lipinski definition) is 3. The Morgan fingerprint density at radius 1 is 0.925 bits per heavy atom. The van der Waals surface area contributed by atoms with Crippen molar-refractivity contribution in [2.45, 2.75) is 152 Å². The molecule has 1 amide bonds. The molecular formula is C44H70N2O7. The molecule has 9 heteroatoms. The SMILES string of the molecule is CNCC(=O)N(CC1CC1)C[C@H](O)[C@@]12CC[C@]3(C)[C@H](CC[C@H]4C3(C)CCC3C(C)(C)[C@@H](OC(=O)CC(C)(C)C(=O)O)CC[C@@]34C)C1=C(C(C)C)C(=O)C2. The molecular weight excluding hydrogens is 668 g/mol. The molecule has 6 rings (SSSR count). The van der Waals surface area contributed by atoms with Gasteiger partial charge >= 0.3 is 11.9 Å². The number of fused-ring (bicyclic) bond motifs is 7. The molecule has 6 aliphatic carbocycles. The van der Waals surface area contributed by atoms with E-state index in [4.69, 9.17) is 4.74 Å². The van der Waals surface area contributed by atoms with Crippen molar-refractivity contribution < 1.29 is 34.1 Å². The molecule has 0 bridgehead atoms. The van der Waals surface area contributed by atoms with Gasteiger partial charge in [0.15, 0.2) is 5.78 Å². The number of likely N-dealkylation sites (N-methyl/N-ethyl adjacent to an activating group) is 1. The number of aliphatic hydroxyl groups excluding tert-OH is 1. The highest BCUT2D eigenvalue weighted by atomic mass is 16.5. The summed E-state index contributed by atoms with van der Waals surface area (Å²) in [6.07, 6.45) is 8.96. The third-order valence-electron chi connectivity index (χ3n) is 16.8. The molecule has 2 unspecified atom stereocenters. The molecule has 9 atom stereocenters. The highest BCUT2D eigenvalue weighted by Gasteiger charge is 2.71. The van der Waals surface area contributed by atoms with Crippen molar-refractivity contribution in [2.24, 2.45) is 62.1 Å². The molecule has 6 aliphatic rings. The zero-order valence-corrected chi connectivity index (χ0v) is 34.5. The number of allylic oxidation sites excluding steroid dienone is 1. The summed E-state index contributed by atoms with van der Waals surface area (Å²) < 4.78 is 6.17. The number of carbonyl (C=O) groups is 4. The van der Waals surface area contributed by atoms with Crippen LogP contribution in [-0.4, -0.2) is 77.6 Å². The van der Waals surface area contributed by atoms with Crippen molar-refractivity contribution in [3.63, 3.8) is 0 Å². The average Bonchev–Trinajstić information content (AvgIpc) is 3.81. The number of amides is 1. The van der Waals surface area contributed by atoms with Crippen LogP contribution in [0.2, 0.25) is 0 Å². The zero-order valence-electron chi connectivity index (χ0n) is 34.5. The molecule has 0 aromatic carbocycles. The summed E-state index contributed by atoms with van der Waals surface area (Å²) in [5, 5.41) is 25.0. The second-order valence-electron chi connectivity index (χ2n) is 20.8. The van der Waals surface area contributed by atoms with Gasteiger partial charge in [-0.2, -0.15) is 0 Å². The topological polar surface area (TPSA) is 133 Å². The van der Waals surface area contributed by atoms with E-state index >= 15 is 0 Å². The minimum atomic E-state index is -1.17. The third-order valence-corrected chi connectivity index (χ3v) is 16.8. The number of Topliss-reactive ketones (excluding diaryl/α,β-unsaturated/α-hetero) is 1. The quantitative estimate of drug-likeness (QED) is 0.179. The molecule has 0 spiro atoms. The first kappa shape index (κ1) is 40.4. The van der Waals surface area contributed by atoms with E-state index in [9.17, 15) is 29.4 Å². The van der Waals surface area contributed by atoms with Crippen molar-refractivity contribution in [2.75, 3.05) is 26.7 Å². The number of carbonyl (C=O) groups excluding carboxylic acids is 3. The van der Waals surface area contributed by atoms with Crippen LogP contribution in [0.1, 0.15) is 139 Å². The molecule has 3 N–H and O–H groups in total. The van der Waals surface area contributed by atoms with Crippen LogP contribution in [0.15, 0.2) is 11.1 Å². The molecule has 5 fully saturated rings. The Bertz CT molecular complexity index is 1530. The van der Waals surface area contributed by atoms with Crippen molar-refractivity contribution in [1.82, 2.24) is 10.2 Å². The highest BCUT2D eigenvalue weighted by Crippen LogP contribution is 2.77. The van der Waals surface area contributed by atoms with Crippen LogP contribution in [-0.2, 0) is 23.9 Å². The number of aliphatic carboxylic acids is 1. The van der Waals surface area contributed by atoms with E-state index in [0.717, 1.165) is 69.8 Å². The number of hydrogen-bond acceptors (Lipinski definition) is 7. The molecule has 0 aromatic heterocycles. The lowest BCUT2D eigenvalue weighted by Gasteiger charge is -2.72. The summed E-state index contributed by atoms with van der Waals surface area (Å²) in [6, 6.07) is 0. The predicted octanol–water partition coefficient (Wildman–Crippen LogP) is 7.20. The van der Waals surface area contributed by atoms with Crippen molar-refractivity contribution >= 4 is 23.6 Å². The normalized spacial score (nSPS) is 38.4. The first-order chi connectivity index (χ1) is 24.6. The van der Waals surface area contributed by atoms with Crippen LogP contribution in [0.4, 0.5) is 0 Å². The highest BCUT2D eigenvalue weighted by molar-refractivity contribution is 6.00. The minimum absolute atomic E-state index is 0.0176. The number of nitrogens with one attached hydrogen (secondary N) is 1. The average molecular weight is 739 g/mol. The number of aliphatic hydroxyl groups is 1. The third kappa shape index (κ3) is 6.43. The Kier molecular flexibility index (Phi) is 10.5. The lowest BCUT2D eigenvalue weighted by Crippen LogP contribution is -2.66. The summed E-state index contributed by atoms with van der Waals surface area (Å²) in [5.74, 6) is 0.369. The molecule has 9 nitrogen and oxygen atoms in total. The van der Waals surface area contributed by atoms with Crippen molar-refractivity contribution in [3.8, 4) is 0 Å². The van der Waals surface area contributed by atoms with Gasteiger partial charge in [-0.05, 0) is 137 Å². The standard InChI is InChI=1S/C44H70N2O7/c1-26(2)36-29(47)21-44(32(48)25-46(24-27-11-12-27)34(49)23-45-10)20-19-42(8)28(37(36)44)13-14-31-41(7)17-16-33(53-35(50)22-39(3,4)38(51)52)40(5,6)30(41)15-18-43(31,42)9/h26-28,30-33,45,48H,11-25H2,1-10H3,(H,51,52)/t28-,30?,31-,32+,33+,41+,42-,43?,44+/m1/s1. The Hall–Kier alpha value is -2.26. The summed E-state index contributed by atoms with van der Waals surface area (Å²) in [7, 11) is 1.79. The van der Waals surface area contributed by atoms with Crippen LogP contribution in [0, 0.1) is 62.1 Å². The van der Waals surface area contributed by atoms with Gasteiger partial charge in [0, 0.05) is 30.3 Å². The first-order valence-electron chi connectivity index (χ1n) is 20.9. The zero-order chi connectivity index (χ0) is 39.1. The van der Waals surface area contributed by atoms with Crippen LogP contribution < -0.4 is 5.32 Å². The van der Waals surface area contributed by atoms with Gasteiger partial charge in [0.2, 0.25) is 5.91 Å². The molecule has 0 radical (unpaired) electrons. The lowest BCUT2D eigenvalue weighted by atomic mass is 9.33. The molecule has 298 valence electrons. The summed E-state index contributed by atoms with van der Waals surface area (Å²) in [5.41, 5.74) is 0.122. The lowest BCUT2D eigenvalue weighted by molar-refractivity contribution is -0.235. The van der Waals surface area contributed by atoms with E-state index in [1.807, 2.05) is 4.90 Å². The second kappa shape index (κ2) is 13.7. The van der Waals surface area contributed by atoms with Crippen LogP contribution in [0.25, 0.3) is 0 Å². The summed E-state index contributed by atoms with van der Waals surface area (Å²) >= 11 is 0. The minimum Gasteiger partial charge on any atom is -0.481 e. The van der Waals surface area contributed by atoms with Gasteiger partial charge in [-0.15, -0.1) is 0 Å². The smallest absolute Gasteiger partial charge is 0.309 e. The summed E-state index contributed by atoms with van der Waals surface area (Å²) in [4.78, 5) is 54.2. The van der Waals surface area contributed by atoms with Crippen LogP contribution >= 0.6 is 0 Å². The van der Waals surface area contributed by atoms with E-state index in [2.05, 4.69) is 53.8 Å². The number of carboxylic acid groups (broad SMARTS) is 1. The van der Waals surface area contributed by atoms with E-state index in [0.29, 0.717) is 30.7 Å². The number of rotatable bonds is 12. The number of esters is 1. The fourth-order valence-corrected chi connectivity index (χ4v) is 13.4. The van der Waals surface area contributed by atoms with E-state index in [1.54, 1.807) is 20.9 Å². The molecule has 53 heavy (non-hydrogen) atoms. The Morgan fingerprint density at radius 2 is 1.60 bits per heavy atom. The maximum Gasteiger partial charge on any atom is 0.309 e. The van der Waals surface area contributed by atoms with Crippen LogP contribution in [0.5, 0.6) is 0 Å². The van der Waals surface area contributed by atoms with Crippen molar-refractivity contribution in [1.29, 1.82) is 0 Å². The molecule has 0 aromatic rings. The Morgan fingerprint density at radius 3 is 2.21 bits per heavy atom. The largest absolute Gasteiger partial charge is 0.481 e. The van der Waals surface area contributed by atoms with Crippen molar-refractivity contribution in [3.05, 3.63) is 11.1 Å². The number of ether oxygens (including phenoxy) is 1. The van der Waals surface area contributed by atoms with E-state index in [-0.39, 0.29) is 70.8 Å². The van der Waals surface area contributed by atoms with Gasteiger partial charge in [0.1, 0.15) is 6.10 Å². The van der Waals surface area contributed by atoms with Crippen LogP contribution in [0.3, 0.4) is 0 Å². The molecule has 5 saturated carbocycles.